The third-order valence-corrected chi connectivity index (χ3v) is 3.04. The predicted octanol–water partition coefficient (Wildman–Crippen LogP) is 2.37. The zero-order valence-electron chi connectivity index (χ0n) is 11.9. The van der Waals surface area contributed by atoms with Crippen LogP contribution in [0.3, 0.4) is 0 Å². The molecule has 0 spiro atoms. The summed E-state index contributed by atoms with van der Waals surface area (Å²) in [5, 5.41) is 0. The number of hydrogen-bond donors (Lipinski definition) is 1. The van der Waals surface area contributed by atoms with Gasteiger partial charge in [-0.1, -0.05) is 0 Å². The van der Waals surface area contributed by atoms with Gasteiger partial charge < -0.3 is 15.4 Å². The number of nitrogens with two attached hydrogens (primary N) is 1. The van der Waals surface area contributed by atoms with Gasteiger partial charge in [0, 0.05) is 18.8 Å². The molecule has 1 aromatic heterocycles. The average molecular weight is 249 g/mol. The van der Waals surface area contributed by atoms with Gasteiger partial charge in [-0.25, -0.2) is 4.98 Å². The van der Waals surface area contributed by atoms with Crippen LogP contribution in [0.5, 0.6) is 0 Å². The zero-order valence-corrected chi connectivity index (χ0v) is 11.9. The van der Waals surface area contributed by atoms with Gasteiger partial charge in [-0.15, -0.1) is 0 Å². The number of morpholine rings is 1. The van der Waals surface area contributed by atoms with E-state index in [1.54, 1.807) is 0 Å². The van der Waals surface area contributed by atoms with Gasteiger partial charge in [0.15, 0.2) is 5.82 Å². The lowest BCUT2D eigenvalue weighted by Gasteiger charge is -2.47. The second kappa shape index (κ2) is 4.12. The average Bonchev–Trinajstić information content (AvgIpc) is 2.17. The van der Waals surface area contributed by atoms with Crippen molar-refractivity contribution in [3.8, 4) is 0 Å². The summed E-state index contributed by atoms with van der Waals surface area (Å²) in [5.41, 5.74) is 7.38. The van der Waals surface area contributed by atoms with E-state index in [0.29, 0.717) is 0 Å². The van der Waals surface area contributed by atoms with Crippen LogP contribution in [-0.4, -0.2) is 29.3 Å². The van der Waals surface area contributed by atoms with Gasteiger partial charge in [0.2, 0.25) is 0 Å². The number of rotatable bonds is 1. The highest BCUT2D eigenvalue weighted by Gasteiger charge is 2.39. The molecule has 0 radical (unpaired) electrons. The summed E-state index contributed by atoms with van der Waals surface area (Å²) in [6.07, 6.45) is 0. The highest BCUT2D eigenvalue weighted by molar-refractivity contribution is 5.63. The largest absolute Gasteiger partial charge is 0.396 e. The van der Waals surface area contributed by atoms with E-state index in [2.05, 4.69) is 37.6 Å². The number of nitrogen functional groups attached to an aromatic ring is 1. The van der Waals surface area contributed by atoms with Crippen LogP contribution in [0.25, 0.3) is 0 Å². The molecule has 2 heterocycles. The smallest absolute Gasteiger partial charge is 0.152 e. The van der Waals surface area contributed by atoms with Crippen molar-refractivity contribution in [3.63, 3.8) is 0 Å². The molecule has 1 aromatic rings. The van der Waals surface area contributed by atoms with Crippen molar-refractivity contribution in [2.75, 3.05) is 23.7 Å². The van der Waals surface area contributed by atoms with Crippen LogP contribution in [0.15, 0.2) is 12.1 Å². The number of pyridine rings is 1. The lowest BCUT2D eigenvalue weighted by molar-refractivity contribution is -0.133. The molecular weight excluding hydrogens is 226 g/mol. The second-order valence-corrected chi connectivity index (χ2v) is 6.34. The van der Waals surface area contributed by atoms with Gasteiger partial charge in [0.05, 0.1) is 16.9 Å². The van der Waals surface area contributed by atoms with E-state index in [1.165, 1.54) is 0 Å². The first-order chi connectivity index (χ1) is 8.19. The lowest BCUT2D eigenvalue weighted by Crippen LogP contribution is -2.57. The molecule has 0 unspecified atom stereocenters. The summed E-state index contributed by atoms with van der Waals surface area (Å²) in [6.45, 7) is 12.0. The van der Waals surface area contributed by atoms with Gasteiger partial charge in [-0.05, 0) is 46.8 Å². The van der Waals surface area contributed by atoms with Crippen LogP contribution in [0, 0.1) is 6.92 Å². The normalized spacial score (nSPS) is 21.9. The maximum absolute atomic E-state index is 6.07. The molecule has 0 atom stereocenters. The zero-order chi connectivity index (χ0) is 13.6. The quantitative estimate of drug-likeness (QED) is 0.830. The van der Waals surface area contributed by atoms with E-state index in [0.717, 1.165) is 30.3 Å². The van der Waals surface area contributed by atoms with Gasteiger partial charge in [0.25, 0.3) is 0 Å². The molecule has 2 rings (SSSR count). The van der Waals surface area contributed by atoms with Crippen molar-refractivity contribution in [1.29, 1.82) is 0 Å². The molecule has 1 fully saturated rings. The van der Waals surface area contributed by atoms with Crippen LogP contribution < -0.4 is 10.6 Å². The molecule has 0 amide bonds. The third kappa shape index (κ3) is 2.75. The van der Waals surface area contributed by atoms with E-state index >= 15 is 0 Å². The van der Waals surface area contributed by atoms with Crippen molar-refractivity contribution in [2.45, 2.75) is 45.8 Å². The van der Waals surface area contributed by atoms with E-state index in [4.69, 9.17) is 10.5 Å². The molecule has 1 aliphatic heterocycles. The number of aryl methyl sites for hydroxylation is 1. The Morgan fingerprint density at radius 1 is 1.17 bits per heavy atom. The molecule has 1 saturated heterocycles. The van der Waals surface area contributed by atoms with Crippen LogP contribution in [0.2, 0.25) is 0 Å². The second-order valence-electron chi connectivity index (χ2n) is 6.34. The summed E-state index contributed by atoms with van der Waals surface area (Å²) in [7, 11) is 0. The summed E-state index contributed by atoms with van der Waals surface area (Å²) >= 11 is 0. The van der Waals surface area contributed by atoms with Crippen LogP contribution in [0.4, 0.5) is 11.5 Å². The molecule has 4 nitrogen and oxygen atoms in total. The minimum Gasteiger partial charge on any atom is -0.396 e. The number of nitrogens with zero attached hydrogens (tertiary/aromatic N) is 2. The predicted molar refractivity (Wildman–Crippen MR) is 74.8 cm³/mol. The Balaban J connectivity index is 2.35. The number of ether oxygens (including phenoxy) is 1. The minimum atomic E-state index is -0.195. The molecular formula is C14H23N3O. The monoisotopic (exact) mass is 249 g/mol. The molecule has 0 saturated carbocycles. The number of aromatic nitrogens is 1. The molecule has 0 aliphatic carbocycles. The molecule has 100 valence electrons. The molecule has 2 N–H and O–H groups in total. The fourth-order valence-corrected chi connectivity index (χ4v) is 2.74. The van der Waals surface area contributed by atoms with Gasteiger partial charge in [-0.2, -0.15) is 0 Å². The van der Waals surface area contributed by atoms with E-state index in [9.17, 15) is 0 Å². The Kier molecular flexibility index (Phi) is 3.01. The topological polar surface area (TPSA) is 51.4 Å². The highest BCUT2D eigenvalue weighted by atomic mass is 16.5. The number of hydrogen-bond acceptors (Lipinski definition) is 4. The first-order valence-corrected chi connectivity index (χ1v) is 6.37. The van der Waals surface area contributed by atoms with Crippen molar-refractivity contribution >= 4 is 11.5 Å². The Morgan fingerprint density at radius 3 is 2.28 bits per heavy atom. The maximum atomic E-state index is 6.07. The number of anilines is 2. The van der Waals surface area contributed by atoms with Crippen LogP contribution in [0.1, 0.15) is 33.4 Å². The van der Waals surface area contributed by atoms with Crippen LogP contribution in [-0.2, 0) is 4.74 Å². The summed E-state index contributed by atoms with van der Waals surface area (Å²) < 4.78 is 6.07. The van der Waals surface area contributed by atoms with E-state index in [1.807, 2.05) is 19.1 Å². The van der Waals surface area contributed by atoms with Crippen molar-refractivity contribution in [3.05, 3.63) is 17.8 Å². The van der Waals surface area contributed by atoms with E-state index in [-0.39, 0.29) is 11.2 Å². The van der Waals surface area contributed by atoms with E-state index < -0.39 is 0 Å². The fourth-order valence-electron chi connectivity index (χ4n) is 2.74. The summed E-state index contributed by atoms with van der Waals surface area (Å²) in [6, 6.07) is 3.86. The standard InChI is InChI=1S/C14H23N3O/c1-10-6-7-11(15)12(16-10)17-8-13(2,3)18-14(4,5)9-17/h6-7H,8-9,15H2,1-5H3. The minimum absolute atomic E-state index is 0.195. The Labute approximate surface area is 109 Å². The molecule has 18 heavy (non-hydrogen) atoms. The van der Waals surface area contributed by atoms with Gasteiger partial charge in [-0.3, -0.25) is 0 Å². The molecule has 1 aliphatic rings. The first kappa shape index (κ1) is 13.1. The lowest BCUT2D eigenvalue weighted by atomic mass is 9.99. The molecule has 0 aromatic carbocycles. The first-order valence-electron chi connectivity index (χ1n) is 6.37. The molecule has 4 heteroatoms. The van der Waals surface area contributed by atoms with Crippen molar-refractivity contribution in [2.24, 2.45) is 0 Å². The summed E-state index contributed by atoms with van der Waals surface area (Å²) in [5.74, 6) is 0.874. The van der Waals surface area contributed by atoms with Gasteiger partial charge in [0.1, 0.15) is 0 Å². The van der Waals surface area contributed by atoms with Crippen molar-refractivity contribution in [1.82, 2.24) is 4.98 Å². The van der Waals surface area contributed by atoms with Crippen molar-refractivity contribution < 1.29 is 4.74 Å². The SMILES string of the molecule is Cc1ccc(N)c(N2CC(C)(C)OC(C)(C)C2)n1. The highest BCUT2D eigenvalue weighted by Crippen LogP contribution is 2.32. The Bertz CT molecular complexity index is 438. The Hall–Kier alpha value is -1.29. The Morgan fingerprint density at radius 2 is 1.72 bits per heavy atom. The summed E-state index contributed by atoms with van der Waals surface area (Å²) in [4.78, 5) is 6.80. The molecule has 0 bridgehead atoms. The van der Waals surface area contributed by atoms with Gasteiger partial charge >= 0.3 is 0 Å². The van der Waals surface area contributed by atoms with Crippen LogP contribution >= 0.6 is 0 Å². The fraction of sp³-hybridized carbons (Fsp3) is 0.643. The third-order valence-electron chi connectivity index (χ3n) is 3.04. The maximum Gasteiger partial charge on any atom is 0.152 e.